The molecule has 0 spiro atoms. The van der Waals surface area contributed by atoms with Crippen LogP contribution >= 0.6 is 0 Å². The Morgan fingerprint density at radius 2 is 1.62 bits per heavy atom. The Kier molecular flexibility index (Phi) is 7.25. The molecule has 1 saturated heterocycles. The fourth-order valence-corrected chi connectivity index (χ4v) is 3.45. The SMILES string of the molecule is CC(=O)N(CCc1ccccc1)CC(=O)Nc1ccc(N2CCN(C)CC2)cc1. The van der Waals surface area contributed by atoms with Crippen LogP contribution in [-0.4, -0.2) is 67.9 Å². The van der Waals surface area contributed by atoms with E-state index in [0.29, 0.717) is 6.54 Å². The number of rotatable bonds is 7. The zero-order valence-corrected chi connectivity index (χ0v) is 17.3. The topological polar surface area (TPSA) is 55.9 Å². The van der Waals surface area contributed by atoms with E-state index in [1.54, 1.807) is 4.90 Å². The Labute approximate surface area is 173 Å². The second kappa shape index (κ2) is 10.1. The Morgan fingerprint density at radius 3 is 2.24 bits per heavy atom. The van der Waals surface area contributed by atoms with E-state index >= 15 is 0 Å². The van der Waals surface area contributed by atoms with E-state index in [2.05, 4.69) is 22.2 Å². The van der Waals surface area contributed by atoms with Gasteiger partial charge in [0, 0.05) is 51.0 Å². The third kappa shape index (κ3) is 6.32. The molecule has 0 aromatic heterocycles. The summed E-state index contributed by atoms with van der Waals surface area (Å²) in [6.45, 7) is 6.22. The molecule has 2 amide bonds. The molecule has 3 rings (SSSR count). The van der Waals surface area contributed by atoms with Crippen LogP contribution in [0.3, 0.4) is 0 Å². The summed E-state index contributed by atoms with van der Waals surface area (Å²) in [6, 6.07) is 17.9. The molecule has 1 aliphatic rings. The Balaban J connectivity index is 1.51. The summed E-state index contributed by atoms with van der Waals surface area (Å²) in [7, 11) is 2.14. The highest BCUT2D eigenvalue weighted by molar-refractivity contribution is 5.94. The third-order valence-corrected chi connectivity index (χ3v) is 5.31. The van der Waals surface area contributed by atoms with E-state index in [0.717, 1.165) is 43.9 Å². The molecule has 6 heteroatoms. The van der Waals surface area contributed by atoms with Crippen LogP contribution in [0.2, 0.25) is 0 Å². The highest BCUT2D eigenvalue weighted by atomic mass is 16.2. The van der Waals surface area contributed by atoms with Crippen molar-refractivity contribution in [2.75, 3.05) is 56.5 Å². The van der Waals surface area contributed by atoms with Gasteiger partial charge in [-0.25, -0.2) is 0 Å². The van der Waals surface area contributed by atoms with Gasteiger partial charge in [0.05, 0.1) is 6.54 Å². The fraction of sp³-hybridized carbons (Fsp3) is 0.391. The molecular weight excluding hydrogens is 364 g/mol. The Hall–Kier alpha value is -2.86. The Morgan fingerprint density at radius 1 is 0.966 bits per heavy atom. The van der Waals surface area contributed by atoms with Crippen LogP contribution in [0.15, 0.2) is 54.6 Å². The van der Waals surface area contributed by atoms with Crippen molar-refractivity contribution < 1.29 is 9.59 Å². The van der Waals surface area contributed by atoms with Gasteiger partial charge in [-0.15, -0.1) is 0 Å². The molecule has 0 aliphatic carbocycles. The second-order valence-electron chi connectivity index (χ2n) is 7.56. The maximum atomic E-state index is 12.4. The van der Waals surface area contributed by atoms with Crippen LogP contribution in [-0.2, 0) is 16.0 Å². The number of hydrogen-bond acceptors (Lipinski definition) is 4. The lowest BCUT2D eigenvalue weighted by Crippen LogP contribution is -2.44. The number of carbonyl (C=O) groups excluding carboxylic acids is 2. The molecule has 0 saturated carbocycles. The van der Waals surface area contributed by atoms with Crippen molar-refractivity contribution in [2.24, 2.45) is 0 Å². The molecule has 1 fully saturated rings. The minimum absolute atomic E-state index is 0.0579. The first-order chi connectivity index (χ1) is 14.0. The van der Waals surface area contributed by atoms with E-state index in [-0.39, 0.29) is 18.4 Å². The van der Waals surface area contributed by atoms with Crippen molar-refractivity contribution in [1.82, 2.24) is 9.80 Å². The smallest absolute Gasteiger partial charge is 0.243 e. The van der Waals surface area contributed by atoms with E-state index < -0.39 is 0 Å². The second-order valence-corrected chi connectivity index (χ2v) is 7.56. The van der Waals surface area contributed by atoms with Crippen molar-refractivity contribution in [3.05, 3.63) is 60.2 Å². The number of carbonyl (C=O) groups is 2. The summed E-state index contributed by atoms with van der Waals surface area (Å²) in [4.78, 5) is 30.6. The number of benzene rings is 2. The fourth-order valence-electron chi connectivity index (χ4n) is 3.45. The normalized spacial score (nSPS) is 14.5. The number of hydrogen-bond donors (Lipinski definition) is 1. The number of likely N-dealkylation sites (N-methyl/N-ethyl adjacent to an activating group) is 1. The van der Waals surface area contributed by atoms with Gasteiger partial charge in [-0.2, -0.15) is 0 Å². The summed E-state index contributed by atoms with van der Waals surface area (Å²) in [6.07, 6.45) is 0.730. The van der Waals surface area contributed by atoms with E-state index in [9.17, 15) is 9.59 Å². The first kappa shape index (κ1) is 20.9. The molecule has 2 aromatic carbocycles. The minimum atomic E-state index is -0.180. The number of nitrogens with zero attached hydrogens (tertiary/aromatic N) is 3. The predicted octanol–water partition coefficient (Wildman–Crippen LogP) is 2.47. The van der Waals surface area contributed by atoms with Crippen LogP contribution in [0, 0.1) is 0 Å². The van der Waals surface area contributed by atoms with Crippen LogP contribution in [0.25, 0.3) is 0 Å². The molecule has 2 aromatic rings. The predicted molar refractivity (Wildman–Crippen MR) is 117 cm³/mol. The first-order valence-corrected chi connectivity index (χ1v) is 10.1. The summed E-state index contributed by atoms with van der Waals surface area (Å²) in [5.74, 6) is -0.276. The summed E-state index contributed by atoms with van der Waals surface area (Å²) >= 11 is 0. The quantitative estimate of drug-likeness (QED) is 0.784. The maximum Gasteiger partial charge on any atom is 0.243 e. The zero-order valence-electron chi connectivity index (χ0n) is 17.3. The van der Waals surface area contributed by atoms with Crippen LogP contribution in [0.4, 0.5) is 11.4 Å². The molecule has 0 atom stereocenters. The highest BCUT2D eigenvalue weighted by Crippen LogP contribution is 2.19. The van der Waals surface area contributed by atoms with Gasteiger partial charge in [0.15, 0.2) is 0 Å². The number of anilines is 2. The molecule has 0 radical (unpaired) electrons. The molecule has 0 unspecified atom stereocenters. The van der Waals surface area contributed by atoms with Crippen molar-refractivity contribution in [3.63, 3.8) is 0 Å². The van der Waals surface area contributed by atoms with Gasteiger partial charge in [-0.05, 0) is 43.3 Å². The Bertz CT molecular complexity index is 799. The molecule has 1 aliphatic heterocycles. The van der Waals surface area contributed by atoms with Crippen molar-refractivity contribution >= 4 is 23.2 Å². The molecule has 1 heterocycles. The standard InChI is InChI=1S/C23H30N4O2/c1-19(28)27(13-12-20-6-4-3-5-7-20)18-23(29)24-21-8-10-22(11-9-21)26-16-14-25(2)15-17-26/h3-11H,12-18H2,1-2H3,(H,24,29). The number of piperazine rings is 1. The lowest BCUT2D eigenvalue weighted by atomic mass is 10.1. The average molecular weight is 395 g/mol. The van der Waals surface area contributed by atoms with Gasteiger partial charge >= 0.3 is 0 Å². The molecule has 29 heavy (non-hydrogen) atoms. The highest BCUT2D eigenvalue weighted by Gasteiger charge is 2.16. The maximum absolute atomic E-state index is 12.4. The average Bonchev–Trinajstić information content (AvgIpc) is 2.73. The molecule has 1 N–H and O–H groups in total. The van der Waals surface area contributed by atoms with Gasteiger partial charge in [-0.1, -0.05) is 30.3 Å². The minimum Gasteiger partial charge on any atom is -0.369 e. The van der Waals surface area contributed by atoms with Crippen molar-refractivity contribution in [3.8, 4) is 0 Å². The summed E-state index contributed by atoms with van der Waals surface area (Å²) in [5.41, 5.74) is 3.07. The summed E-state index contributed by atoms with van der Waals surface area (Å²) < 4.78 is 0. The monoisotopic (exact) mass is 394 g/mol. The van der Waals surface area contributed by atoms with Crippen LogP contribution < -0.4 is 10.2 Å². The van der Waals surface area contributed by atoms with Gasteiger partial charge in [-0.3, -0.25) is 9.59 Å². The van der Waals surface area contributed by atoms with Crippen LogP contribution in [0.1, 0.15) is 12.5 Å². The number of amides is 2. The van der Waals surface area contributed by atoms with Gasteiger partial charge in [0.1, 0.15) is 0 Å². The van der Waals surface area contributed by atoms with Gasteiger partial charge in [0.2, 0.25) is 11.8 Å². The van der Waals surface area contributed by atoms with E-state index in [1.165, 1.54) is 12.6 Å². The largest absolute Gasteiger partial charge is 0.369 e. The van der Waals surface area contributed by atoms with Gasteiger partial charge < -0.3 is 20.0 Å². The van der Waals surface area contributed by atoms with Crippen molar-refractivity contribution in [2.45, 2.75) is 13.3 Å². The van der Waals surface area contributed by atoms with Crippen molar-refractivity contribution in [1.29, 1.82) is 0 Å². The number of nitrogens with one attached hydrogen (secondary N) is 1. The molecule has 6 nitrogen and oxygen atoms in total. The third-order valence-electron chi connectivity index (χ3n) is 5.31. The molecular formula is C23H30N4O2. The lowest BCUT2D eigenvalue weighted by molar-refractivity contribution is -0.132. The van der Waals surface area contributed by atoms with Gasteiger partial charge in [0.25, 0.3) is 0 Å². The molecule has 154 valence electrons. The molecule has 0 bridgehead atoms. The van der Waals surface area contributed by atoms with Crippen LogP contribution in [0.5, 0.6) is 0 Å². The first-order valence-electron chi connectivity index (χ1n) is 10.1. The lowest BCUT2D eigenvalue weighted by Gasteiger charge is -2.34. The van der Waals surface area contributed by atoms with E-state index in [1.807, 2.05) is 54.6 Å². The zero-order chi connectivity index (χ0) is 20.6. The summed E-state index contributed by atoms with van der Waals surface area (Å²) in [5, 5.41) is 2.90. The van der Waals surface area contributed by atoms with E-state index in [4.69, 9.17) is 0 Å².